The van der Waals surface area contributed by atoms with Crippen LogP contribution in [0, 0.1) is 17.8 Å². The zero-order valence-electron chi connectivity index (χ0n) is 23.0. The van der Waals surface area contributed by atoms with Gasteiger partial charge in [0.05, 0.1) is 30.7 Å². The average Bonchev–Trinajstić information content (AvgIpc) is 3.26. The Kier molecular flexibility index (Phi) is 6.55. The Hall–Kier alpha value is -3.82. The fourth-order valence-electron chi connectivity index (χ4n) is 7.36. The summed E-state index contributed by atoms with van der Waals surface area (Å²) in [6, 6.07) is 12.5. The first-order chi connectivity index (χ1) is 20.2. The molecule has 9 heteroatoms. The smallest absolute Gasteiger partial charge is 0.238 e. The first-order valence-corrected chi connectivity index (χ1v) is 15.0. The van der Waals surface area contributed by atoms with Gasteiger partial charge in [-0.1, -0.05) is 27.6 Å². The summed E-state index contributed by atoms with van der Waals surface area (Å²) in [5.41, 5.74) is 3.92. The Bertz CT molecular complexity index is 1650. The van der Waals surface area contributed by atoms with E-state index in [1.165, 1.54) is 11.0 Å². The van der Waals surface area contributed by atoms with Crippen molar-refractivity contribution in [1.29, 1.82) is 0 Å². The number of nitrogens with zero attached hydrogens (tertiary/aromatic N) is 2. The van der Waals surface area contributed by atoms with E-state index in [1.54, 1.807) is 25.1 Å². The van der Waals surface area contributed by atoms with Gasteiger partial charge in [-0.3, -0.25) is 24.1 Å². The van der Waals surface area contributed by atoms with Crippen molar-refractivity contribution in [3.8, 4) is 5.75 Å². The highest BCUT2D eigenvalue weighted by molar-refractivity contribution is 9.10. The Labute approximate surface area is 251 Å². The molecule has 3 aliphatic carbocycles. The van der Waals surface area contributed by atoms with Gasteiger partial charge in [-0.2, -0.15) is 0 Å². The summed E-state index contributed by atoms with van der Waals surface area (Å²) >= 11 is 3.48. The molecule has 2 heterocycles. The predicted octanol–water partition coefficient (Wildman–Crippen LogP) is 4.63. The number of hydrogen-bond acceptors (Lipinski definition) is 7. The number of carbonyl (C=O) groups excluding carboxylic acids is 4. The summed E-state index contributed by atoms with van der Waals surface area (Å²) in [6.45, 7) is 4.50. The van der Waals surface area contributed by atoms with Gasteiger partial charge in [-0.05, 0) is 74.2 Å². The topological polar surface area (TPSA) is 104 Å². The lowest BCUT2D eigenvalue weighted by molar-refractivity contribution is -0.123. The molecular formula is C33H29BrN2O6. The number of carbonyl (C=O) groups is 4. The van der Waals surface area contributed by atoms with Crippen LogP contribution >= 0.6 is 15.9 Å². The van der Waals surface area contributed by atoms with Crippen molar-refractivity contribution in [3.05, 3.63) is 86.9 Å². The number of benzene rings is 2. The highest BCUT2D eigenvalue weighted by Crippen LogP contribution is 2.56. The van der Waals surface area contributed by atoms with E-state index in [0.717, 1.165) is 28.8 Å². The number of aromatic hydroxyl groups is 1. The number of ether oxygens (including phenoxy) is 1. The van der Waals surface area contributed by atoms with E-state index in [2.05, 4.69) is 20.8 Å². The molecule has 0 radical (unpaired) electrons. The lowest BCUT2D eigenvalue weighted by Crippen LogP contribution is -2.39. The van der Waals surface area contributed by atoms with Gasteiger partial charge < -0.3 is 14.7 Å². The number of phenolic OH excluding ortho intramolecular Hbond substituents is 1. The number of halogens is 1. The highest BCUT2D eigenvalue weighted by atomic mass is 79.9. The van der Waals surface area contributed by atoms with Gasteiger partial charge in [0.25, 0.3) is 0 Å². The Morgan fingerprint density at radius 1 is 0.929 bits per heavy atom. The van der Waals surface area contributed by atoms with Crippen LogP contribution < -0.4 is 9.80 Å². The van der Waals surface area contributed by atoms with Crippen molar-refractivity contribution in [2.24, 2.45) is 17.8 Å². The highest BCUT2D eigenvalue weighted by Gasteiger charge is 2.56. The minimum atomic E-state index is -0.693. The molecule has 214 valence electrons. The Morgan fingerprint density at radius 3 is 2.38 bits per heavy atom. The van der Waals surface area contributed by atoms with E-state index in [-0.39, 0.29) is 35.6 Å². The third-order valence-electron chi connectivity index (χ3n) is 9.35. The second-order valence-electron chi connectivity index (χ2n) is 11.6. The van der Waals surface area contributed by atoms with Crippen molar-refractivity contribution >= 4 is 50.7 Å². The molecule has 8 nitrogen and oxygen atoms in total. The van der Waals surface area contributed by atoms with Crippen molar-refractivity contribution in [3.63, 3.8) is 0 Å². The van der Waals surface area contributed by atoms with Crippen molar-refractivity contribution in [1.82, 2.24) is 0 Å². The first kappa shape index (κ1) is 27.0. The lowest BCUT2D eigenvalue weighted by atomic mass is 9.59. The van der Waals surface area contributed by atoms with Crippen LogP contribution in [0.2, 0.25) is 0 Å². The van der Waals surface area contributed by atoms with Crippen LogP contribution in [0.1, 0.15) is 31.2 Å². The number of morpholine rings is 1. The number of amides is 2. The average molecular weight is 630 g/mol. The minimum absolute atomic E-state index is 0.00184. The molecule has 2 aromatic rings. The number of rotatable bonds is 3. The van der Waals surface area contributed by atoms with Gasteiger partial charge in [0.2, 0.25) is 11.8 Å². The number of allylic oxidation sites excluding steroid dienone is 6. The summed E-state index contributed by atoms with van der Waals surface area (Å²) in [4.78, 5) is 58.3. The van der Waals surface area contributed by atoms with Gasteiger partial charge in [0.15, 0.2) is 11.6 Å². The molecule has 0 unspecified atom stereocenters. The van der Waals surface area contributed by atoms with Crippen LogP contribution in [0.4, 0.5) is 11.4 Å². The SMILES string of the molecule is CC1=CC(=O)C2=C(C1=O)[C@@H](c1cc(Br)ccc1O)C1=CC[C@@H]3C(=O)N(c4ccc(N5CCOCC5)cc4)C(=O)[C@@H]3[C@@H]1C2. The van der Waals surface area contributed by atoms with Gasteiger partial charge in [-0.25, -0.2) is 0 Å². The normalized spacial score (nSPS) is 27.5. The summed E-state index contributed by atoms with van der Waals surface area (Å²) in [6.07, 6.45) is 3.86. The molecule has 2 amide bonds. The predicted molar refractivity (Wildman–Crippen MR) is 159 cm³/mol. The molecule has 0 spiro atoms. The molecule has 2 aliphatic heterocycles. The van der Waals surface area contributed by atoms with Crippen molar-refractivity contribution < 1.29 is 29.0 Å². The third-order valence-corrected chi connectivity index (χ3v) is 9.84. The summed E-state index contributed by atoms with van der Waals surface area (Å²) in [5, 5.41) is 11.0. The molecular weight excluding hydrogens is 600 g/mol. The second kappa shape index (κ2) is 10.2. The molecule has 42 heavy (non-hydrogen) atoms. The number of hydrogen-bond donors (Lipinski definition) is 1. The van der Waals surface area contributed by atoms with Crippen molar-refractivity contribution in [2.45, 2.75) is 25.7 Å². The minimum Gasteiger partial charge on any atom is -0.508 e. The Morgan fingerprint density at radius 2 is 1.64 bits per heavy atom. The zero-order valence-corrected chi connectivity index (χ0v) is 24.6. The quantitative estimate of drug-likeness (QED) is 0.300. The van der Waals surface area contributed by atoms with Crippen LogP contribution in [0.15, 0.2) is 81.4 Å². The number of imide groups is 1. The zero-order chi connectivity index (χ0) is 29.3. The maximum atomic E-state index is 14.1. The lowest BCUT2D eigenvalue weighted by Gasteiger charge is -2.42. The largest absolute Gasteiger partial charge is 0.508 e. The number of ketones is 2. The van der Waals surface area contributed by atoms with Crippen LogP contribution in [0.3, 0.4) is 0 Å². The third kappa shape index (κ3) is 4.13. The standard InChI is InChI=1S/C33H29BrN2O6/c1-17-14-27(38)25-16-23-21(28(30(25)31(17)39)24-15-18(34)2-9-26(24)37)7-8-22-29(23)33(41)36(32(22)40)20-5-3-19(4-6-20)35-10-12-42-13-11-35/h2-7,9,14-15,22-23,28-29,37H,8,10-13,16H2,1H3/t22-,23+,28+,29-/m0/s1. The van der Waals surface area contributed by atoms with Gasteiger partial charge >= 0.3 is 0 Å². The summed E-state index contributed by atoms with van der Waals surface area (Å²) < 4.78 is 6.16. The molecule has 1 N–H and O–H groups in total. The number of phenols is 1. The molecule has 4 atom stereocenters. The molecule has 7 rings (SSSR count). The van der Waals surface area contributed by atoms with E-state index in [9.17, 15) is 24.3 Å². The second-order valence-corrected chi connectivity index (χ2v) is 12.5. The van der Waals surface area contributed by atoms with Gasteiger partial charge in [0, 0.05) is 51.5 Å². The van der Waals surface area contributed by atoms with Crippen LogP contribution in [-0.2, 0) is 23.9 Å². The van der Waals surface area contributed by atoms with E-state index >= 15 is 0 Å². The number of Topliss-reactive ketones (excluding diaryl/α,β-unsaturated/α-hetero) is 1. The number of fused-ring (bicyclic) bond motifs is 3. The van der Waals surface area contributed by atoms with E-state index in [1.807, 2.05) is 30.3 Å². The van der Waals surface area contributed by atoms with Crippen LogP contribution in [-0.4, -0.2) is 54.8 Å². The fraction of sp³-hybridized carbons (Fsp3) is 0.333. The molecule has 2 saturated heterocycles. The van der Waals surface area contributed by atoms with Gasteiger partial charge in [-0.15, -0.1) is 0 Å². The molecule has 0 saturated carbocycles. The molecule has 2 fully saturated rings. The number of anilines is 2. The Balaban J connectivity index is 1.28. The summed E-state index contributed by atoms with van der Waals surface area (Å²) in [7, 11) is 0. The molecule has 0 bridgehead atoms. The van der Waals surface area contributed by atoms with E-state index in [4.69, 9.17) is 4.74 Å². The molecule has 2 aromatic carbocycles. The first-order valence-electron chi connectivity index (χ1n) is 14.2. The van der Waals surface area contributed by atoms with Gasteiger partial charge in [0.1, 0.15) is 5.75 Å². The summed E-state index contributed by atoms with van der Waals surface area (Å²) in [5.74, 6) is -3.40. The maximum Gasteiger partial charge on any atom is 0.238 e. The van der Waals surface area contributed by atoms with E-state index in [0.29, 0.717) is 47.6 Å². The fourth-order valence-corrected chi connectivity index (χ4v) is 7.74. The van der Waals surface area contributed by atoms with E-state index < -0.39 is 23.7 Å². The van der Waals surface area contributed by atoms with Crippen LogP contribution in [0.5, 0.6) is 5.75 Å². The molecule has 0 aromatic heterocycles. The maximum absolute atomic E-state index is 14.1. The van der Waals surface area contributed by atoms with Crippen LogP contribution in [0.25, 0.3) is 0 Å². The van der Waals surface area contributed by atoms with Crippen molar-refractivity contribution in [2.75, 3.05) is 36.1 Å². The monoisotopic (exact) mass is 628 g/mol. The molecule has 5 aliphatic rings.